The van der Waals surface area contributed by atoms with Crippen LogP contribution in [0.5, 0.6) is 0 Å². The predicted molar refractivity (Wildman–Crippen MR) is 96.8 cm³/mol. The quantitative estimate of drug-likeness (QED) is 0.406. The van der Waals surface area contributed by atoms with Gasteiger partial charge in [0.15, 0.2) is 5.96 Å². The van der Waals surface area contributed by atoms with E-state index in [2.05, 4.69) is 36.0 Å². The molecule has 1 unspecified atom stereocenters. The van der Waals surface area contributed by atoms with Crippen molar-refractivity contribution in [1.82, 2.24) is 15.1 Å². The molecule has 0 radical (unpaired) electrons. The van der Waals surface area contributed by atoms with Crippen molar-refractivity contribution in [3.8, 4) is 0 Å². The van der Waals surface area contributed by atoms with Crippen LogP contribution < -0.4 is 5.32 Å². The van der Waals surface area contributed by atoms with Crippen LogP contribution in [0.2, 0.25) is 0 Å². The smallest absolute Gasteiger partial charge is 0.243 e. The normalized spacial score (nSPS) is 12.4. The van der Waals surface area contributed by atoms with Gasteiger partial charge in [0.1, 0.15) is 6.54 Å². The van der Waals surface area contributed by atoms with Gasteiger partial charge in [0.25, 0.3) is 0 Å². The summed E-state index contributed by atoms with van der Waals surface area (Å²) >= 11 is 0. The summed E-state index contributed by atoms with van der Waals surface area (Å²) in [6.45, 7) is 7.57. The third-order valence-corrected chi connectivity index (χ3v) is 3.06. The van der Waals surface area contributed by atoms with E-state index >= 15 is 0 Å². The largest absolute Gasteiger partial charge is 0.354 e. The van der Waals surface area contributed by atoms with Crippen LogP contribution in [0.1, 0.15) is 40.0 Å². The van der Waals surface area contributed by atoms with Crippen molar-refractivity contribution in [3.05, 3.63) is 0 Å². The van der Waals surface area contributed by atoms with Crippen molar-refractivity contribution in [1.29, 1.82) is 0 Å². The summed E-state index contributed by atoms with van der Waals surface area (Å²) in [5.74, 6) is 0.838. The minimum Gasteiger partial charge on any atom is -0.354 e. The van der Waals surface area contributed by atoms with Crippen molar-refractivity contribution in [3.63, 3.8) is 0 Å². The van der Waals surface area contributed by atoms with Gasteiger partial charge in [-0.1, -0.05) is 20.3 Å². The lowest BCUT2D eigenvalue weighted by Crippen LogP contribution is -2.44. The molecule has 0 saturated heterocycles. The second-order valence-electron chi connectivity index (χ2n) is 5.16. The van der Waals surface area contributed by atoms with E-state index in [4.69, 9.17) is 0 Å². The summed E-state index contributed by atoms with van der Waals surface area (Å²) in [5, 5.41) is 3.37. The zero-order chi connectivity index (χ0) is 14.8. The molecule has 0 spiro atoms. The molecule has 0 aliphatic rings. The van der Waals surface area contributed by atoms with E-state index in [9.17, 15) is 4.79 Å². The summed E-state index contributed by atoms with van der Waals surface area (Å²) in [4.78, 5) is 19.7. The van der Waals surface area contributed by atoms with Crippen LogP contribution in [0.25, 0.3) is 0 Å². The van der Waals surface area contributed by atoms with Gasteiger partial charge in [-0.2, -0.15) is 0 Å². The van der Waals surface area contributed by atoms with E-state index in [1.165, 1.54) is 0 Å². The molecule has 5 nitrogen and oxygen atoms in total. The number of aliphatic imine (C=N–C) groups is 1. The molecule has 0 fully saturated rings. The molecule has 0 aromatic rings. The van der Waals surface area contributed by atoms with Gasteiger partial charge in [-0.05, 0) is 19.8 Å². The van der Waals surface area contributed by atoms with Gasteiger partial charge >= 0.3 is 0 Å². The van der Waals surface area contributed by atoms with Gasteiger partial charge in [-0.25, -0.2) is 4.99 Å². The Morgan fingerprint density at radius 2 is 1.85 bits per heavy atom. The third-order valence-electron chi connectivity index (χ3n) is 3.06. The highest BCUT2D eigenvalue weighted by molar-refractivity contribution is 14.0. The Morgan fingerprint density at radius 3 is 2.30 bits per heavy atom. The van der Waals surface area contributed by atoms with Crippen molar-refractivity contribution in [2.24, 2.45) is 4.99 Å². The molecule has 0 aliphatic heterocycles. The molecule has 0 rings (SSSR count). The lowest BCUT2D eigenvalue weighted by atomic mass is 10.2. The number of halogens is 1. The summed E-state index contributed by atoms with van der Waals surface area (Å²) in [6, 6.07) is 0.359. The summed E-state index contributed by atoms with van der Waals surface area (Å²) in [6.07, 6.45) is 3.30. The number of unbranched alkanes of at least 4 members (excludes halogenated alkanes) is 1. The average molecular weight is 398 g/mol. The third kappa shape index (κ3) is 9.39. The minimum atomic E-state index is 0. The number of carbonyl (C=O) groups is 1. The SMILES string of the molecule is CCCCN(C)C(=NCC(=O)N(C)C)NC(C)CC.I. The topological polar surface area (TPSA) is 47.9 Å². The van der Waals surface area contributed by atoms with Crippen molar-refractivity contribution in [2.45, 2.75) is 46.1 Å². The second-order valence-corrected chi connectivity index (χ2v) is 5.16. The molecule has 0 saturated carbocycles. The van der Waals surface area contributed by atoms with Crippen LogP contribution in [0.4, 0.5) is 0 Å². The minimum absolute atomic E-state index is 0. The van der Waals surface area contributed by atoms with E-state index in [1.807, 2.05) is 7.05 Å². The monoisotopic (exact) mass is 398 g/mol. The fourth-order valence-corrected chi connectivity index (χ4v) is 1.38. The standard InChI is InChI=1S/C14H30N4O.HI/c1-7-9-10-18(6)14(16-12(3)8-2)15-11-13(19)17(4)5;/h12H,7-11H2,1-6H3,(H,15,16);1H. The van der Waals surface area contributed by atoms with Crippen molar-refractivity contribution < 1.29 is 4.79 Å². The fourth-order valence-electron chi connectivity index (χ4n) is 1.38. The van der Waals surface area contributed by atoms with Gasteiger partial charge in [0, 0.05) is 33.7 Å². The first-order valence-corrected chi connectivity index (χ1v) is 7.14. The van der Waals surface area contributed by atoms with Gasteiger partial charge in [0.2, 0.25) is 5.91 Å². The van der Waals surface area contributed by atoms with Crippen LogP contribution in [0.3, 0.4) is 0 Å². The number of amides is 1. The molecule has 1 atom stereocenters. The number of hydrogen-bond donors (Lipinski definition) is 1. The van der Waals surface area contributed by atoms with E-state index in [0.29, 0.717) is 6.04 Å². The molecule has 120 valence electrons. The maximum absolute atomic E-state index is 11.6. The summed E-state index contributed by atoms with van der Waals surface area (Å²) < 4.78 is 0. The zero-order valence-electron chi connectivity index (χ0n) is 13.8. The summed E-state index contributed by atoms with van der Waals surface area (Å²) in [5.41, 5.74) is 0. The molecule has 20 heavy (non-hydrogen) atoms. The van der Waals surface area contributed by atoms with Gasteiger partial charge in [-0.3, -0.25) is 4.79 Å². The van der Waals surface area contributed by atoms with E-state index < -0.39 is 0 Å². The number of nitrogens with one attached hydrogen (secondary N) is 1. The lowest BCUT2D eigenvalue weighted by Gasteiger charge is -2.25. The molecule has 1 amide bonds. The predicted octanol–water partition coefficient (Wildman–Crippen LogP) is 2.17. The number of guanidine groups is 1. The van der Waals surface area contributed by atoms with Crippen LogP contribution >= 0.6 is 24.0 Å². The Kier molecular flexibility index (Phi) is 13.3. The van der Waals surface area contributed by atoms with E-state index in [1.54, 1.807) is 19.0 Å². The fraction of sp³-hybridized carbons (Fsp3) is 0.857. The van der Waals surface area contributed by atoms with Crippen molar-refractivity contribution >= 4 is 35.8 Å². The molecule has 1 N–H and O–H groups in total. The molecule has 0 heterocycles. The van der Waals surface area contributed by atoms with Crippen LogP contribution in [0.15, 0.2) is 4.99 Å². The van der Waals surface area contributed by atoms with Crippen molar-refractivity contribution in [2.75, 3.05) is 34.2 Å². The Bertz CT molecular complexity index is 295. The maximum atomic E-state index is 11.6. The van der Waals surface area contributed by atoms with E-state index in [-0.39, 0.29) is 36.4 Å². The molecule has 6 heteroatoms. The molecular formula is C14H31IN4O. The highest BCUT2D eigenvalue weighted by Gasteiger charge is 2.10. The lowest BCUT2D eigenvalue weighted by molar-refractivity contribution is -0.127. The molecule has 0 bridgehead atoms. The number of hydrogen-bond acceptors (Lipinski definition) is 2. The Labute approximate surface area is 141 Å². The Hall–Kier alpha value is -0.530. The number of likely N-dealkylation sites (N-methyl/N-ethyl adjacent to an activating group) is 1. The first-order chi connectivity index (χ1) is 8.92. The van der Waals surface area contributed by atoms with Crippen LogP contribution in [-0.2, 0) is 4.79 Å². The first-order valence-electron chi connectivity index (χ1n) is 7.14. The van der Waals surface area contributed by atoms with Gasteiger partial charge in [0.05, 0.1) is 0 Å². The number of nitrogens with zero attached hydrogens (tertiary/aromatic N) is 3. The Morgan fingerprint density at radius 1 is 1.25 bits per heavy atom. The maximum Gasteiger partial charge on any atom is 0.243 e. The summed E-state index contributed by atoms with van der Waals surface area (Å²) in [7, 11) is 5.52. The second kappa shape index (κ2) is 12.2. The average Bonchev–Trinajstić information content (AvgIpc) is 2.39. The van der Waals surface area contributed by atoms with Gasteiger partial charge < -0.3 is 15.1 Å². The van der Waals surface area contributed by atoms with Gasteiger partial charge in [-0.15, -0.1) is 24.0 Å². The molecule has 0 aliphatic carbocycles. The highest BCUT2D eigenvalue weighted by Crippen LogP contribution is 1.97. The molecule has 0 aromatic carbocycles. The number of rotatable bonds is 7. The first kappa shape index (κ1) is 21.8. The highest BCUT2D eigenvalue weighted by atomic mass is 127. The van der Waals surface area contributed by atoms with E-state index in [0.717, 1.165) is 31.8 Å². The zero-order valence-corrected chi connectivity index (χ0v) is 16.1. The van der Waals surface area contributed by atoms with Crippen LogP contribution in [-0.4, -0.2) is 61.9 Å². The molecular weight excluding hydrogens is 367 g/mol. The number of carbonyl (C=O) groups excluding carboxylic acids is 1. The molecule has 0 aromatic heterocycles. The Balaban J connectivity index is 0. The van der Waals surface area contributed by atoms with Crippen LogP contribution in [0, 0.1) is 0 Å².